The van der Waals surface area contributed by atoms with Gasteiger partial charge in [-0.15, -0.1) is 11.8 Å². The van der Waals surface area contributed by atoms with Gasteiger partial charge in [0, 0.05) is 31.1 Å². The number of benzene rings is 2. The average molecular weight is 431 g/mol. The maximum Gasteiger partial charge on any atom is 0.234 e. The van der Waals surface area contributed by atoms with Crippen LogP contribution in [0.3, 0.4) is 0 Å². The topological polar surface area (TPSA) is 99.3 Å². The molecule has 0 radical (unpaired) electrons. The Hall–Kier alpha value is -2.91. The number of thioether (sulfide) groups is 1. The maximum atomic E-state index is 12.9. The zero-order valence-electron chi connectivity index (χ0n) is 16.2. The minimum atomic E-state index is -0.475. The fraction of sp³-hybridized carbons (Fsp3) is 0.286. The SMILES string of the molecule is O=C(CC1CC(=O)NC(SCC(=O)Nc2ccc(F)cc2)N1)NCc1ccccc1. The Morgan fingerprint density at radius 3 is 2.53 bits per heavy atom. The second-order valence-corrected chi connectivity index (χ2v) is 7.94. The van der Waals surface area contributed by atoms with Crippen molar-refractivity contribution < 1.29 is 18.8 Å². The minimum Gasteiger partial charge on any atom is -0.352 e. The zero-order valence-corrected chi connectivity index (χ0v) is 17.0. The third-order valence-electron chi connectivity index (χ3n) is 4.38. The van der Waals surface area contributed by atoms with E-state index < -0.39 is 5.50 Å². The summed E-state index contributed by atoms with van der Waals surface area (Å²) < 4.78 is 12.9. The van der Waals surface area contributed by atoms with Crippen LogP contribution >= 0.6 is 11.8 Å². The highest BCUT2D eigenvalue weighted by molar-refractivity contribution is 8.00. The van der Waals surface area contributed by atoms with Gasteiger partial charge in [0.2, 0.25) is 17.7 Å². The molecule has 7 nitrogen and oxygen atoms in total. The first kappa shape index (κ1) is 21.8. The molecule has 3 amide bonds. The van der Waals surface area contributed by atoms with Gasteiger partial charge >= 0.3 is 0 Å². The van der Waals surface area contributed by atoms with E-state index in [0.29, 0.717) is 12.2 Å². The van der Waals surface area contributed by atoms with Crippen LogP contribution in [0.4, 0.5) is 10.1 Å². The van der Waals surface area contributed by atoms with E-state index in [-0.39, 0.29) is 48.2 Å². The van der Waals surface area contributed by atoms with Crippen molar-refractivity contribution in [1.29, 1.82) is 0 Å². The number of nitrogens with one attached hydrogen (secondary N) is 4. The molecule has 2 unspecified atom stereocenters. The first-order chi connectivity index (χ1) is 14.5. The number of carbonyl (C=O) groups excluding carboxylic acids is 3. The molecule has 2 aromatic carbocycles. The van der Waals surface area contributed by atoms with E-state index >= 15 is 0 Å². The standard InChI is InChI=1S/C21H23FN4O3S/c22-15-6-8-16(9-7-15)24-20(29)13-30-21-25-17(11-19(28)26-21)10-18(27)23-12-14-4-2-1-3-5-14/h1-9,17,21,25H,10-13H2,(H,23,27)(H,24,29)(H,26,28). The molecule has 0 spiro atoms. The van der Waals surface area contributed by atoms with E-state index in [1.807, 2.05) is 30.3 Å². The normalized spacial score (nSPS) is 18.4. The summed E-state index contributed by atoms with van der Waals surface area (Å²) in [6, 6.07) is 14.7. The molecule has 0 aromatic heterocycles. The van der Waals surface area contributed by atoms with Crippen molar-refractivity contribution in [1.82, 2.24) is 16.0 Å². The minimum absolute atomic E-state index is 0.0856. The summed E-state index contributed by atoms with van der Waals surface area (Å²) in [6.45, 7) is 0.431. The molecule has 30 heavy (non-hydrogen) atoms. The predicted molar refractivity (Wildman–Crippen MR) is 114 cm³/mol. The lowest BCUT2D eigenvalue weighted by Crippen LogP contribution is -2.56. The lowest BCUT2D eigenvalue weighted by Gasteiger charge is -2.30. The van der Waals surface area contributed by atoms with Gasteiger partial charge in [-0.05, 0) is 29.8 Å². The molecule has 2 atom stereocenters. The zero-order chi connectivity index (χ0) is 21.3. The van der Waals surface area contributed by atoms with Crippen molar-refractivity contribution in [2.45, 2.75) is 30.9 Å². The smallest absolute Gasteiger partial charge is 0.234 e. The van der Waals surface area contributed by atoms with Crippen molar-refractivity contribution in [3.8, 4) is 0 Å². The summed E-state index contributed by atoms with van der Waals surface area (Å²) in [6.07, 6.45) is 0.358. The van der Waals surface area contributed by atoms with Crippen LogP contribution in [0.1, 0.15) is 18.4 Å². The molecule has 1 fully saturated rings. The highest BCUT2D eigenvalue weighted by Crippen LogP contribution is 2.15. The number of hydrogen-bond acceptors (Lipinski definition) is 5. The summed E-state index contributed by atoms with van der Waals surface area (Å²) in [7, 11) is 0. The largest absolute Gasteiger partial charge is 0.352 e. The summed E-state index contributed by atoms with van der Waals surface area (Å²) in [5.74, 6) is -0.891. The molecule has 3 rings (SSSR count). The van der Waals surface area contributed by atoms with E-state index in [4.69, 9.17) is 0 Å². The van der Waals surface area contributed by atoms with Crippen LogP contribution in [0, 0.1) is 5.82 Å². The fourth-order valence-electron chi connectivity index (χ4n) is 2.95. The van der Waals surface area contributed by atoms with Crippen molar-refractivity contribution in [3.63, 3.8) is 0 Å². The second kappa shape index (κ2) is 10.7. The Bertz CT molecular complexity index is 880. The Morgan fingerprint density at radius 2 is 1.80 bits per heavy atom. The van der Waals surface area contributed by atoms with Gasteiger partial charge in [-0.2, -0.15) is 0 Å². The quantitative estimate of drug-likeness (QED) is 0.513. The summed E-state index contributed by atoms with van der Waals surface area (Å²) in [4.78, 5) is 36.3. The van der Waals surface area contributed by atoms with Crippen LogP contribution in [0.25, 0.3) is 0 Å². The highest BCUT2D eigenvalue weighted by atomic mass is 32.2. The molecule has 0 aliphatic carbocycles. The Morgan fingerprint density at radius 1 is 1.07 bits per heavy atom. The maximum absolute atomic E-state index is 12.9. The number of carbonyl (C=O) groups is 3. The molecule has 0 saturated carbocycles. The van der Waals surface area contributed by atoms with Gasteiger partial charge in [0.15, 0.2) is 0 Å². The van der Waals surface area contributed by atoms with Crippen molar-refractivity contribution >= 4 is 35.2 Å². The summed E-state index contributed by atoms with van der Waals surface area (Å²) >= 11 is 1.21. The monoisotopic (exact) mass is 430 g/mol. The van der Waals surface area contributed by atoms with Crippen LogP contribution in [-0.4, -0.2) is 35.0 Å². The number of amides is 3. The molecule has 1 heterocycles. The van der Waals surface area contributed by atoms with Gasteiger partial charge < -0.3 is 16.0 Å². The van der Waals surface area contributed by atoms with Crippen LogP contribution in [-0.2, 0) is 20.9 Å². The summed E-state index contributed by atoms with van der Waals surface area (Å²) in [5.41, 5.74) is 1.02. The molecule has 1 aliphatic heterocycles. The first-order valence-electron chi connectivity index (χ1n) is 9.51. The fourth-order valence-corrected chi connectivity index (χ4v) is 3.84. The molecular formula is C21H23FN4O3S. The van der Waals surface area contributed by atoms with E-state index in [1.54, 1.807) is 0 Å². The van der Waals surface area contributed by atoms with Crippen LogP contribution in [0.5, 0.6) is 0 Å². The number of halogens is 1. The molecular weight excluding hydrogens is 407 g/mol. The van der Waals surface area contributed by atoms with Crippen molar-refractivity contribution in [3.05, 3.63) is 66.0 Å². The van der Waals surface area contributed by atoms with Gasteiger partial charge in [-0.1, -0.05) is 30.3 Å². The lowest BCUT2D eigenvalue weighted by molar-refractivity contribution is -0.125. The van der Waals surface area contributed by atoms with Gasteiger partial charge in [-0.3, -0.25) is 19.7 Å². The van der Waals surface area contributed by atoms with Gasteiger partial charge in [0.05, 0.1) is 5.75 Å². The van der Waals surface area contributed by atoms with E-state index in [2.05, 4.69) is 21.3 Å². The van der Waals surface area contributed by atoms with Crippen LogP contribution < -0.4 is 21.3 Å². The Balaban J connectivity index is 1.41. The molecule has 1 aliphatic rings. The van der Waals surface area contributed by atoms with E-state index in [1.165, 1.54) is 36.0 Å². The van der Waals surface area contributed by atoms with Gasteiger partial charge in [0.1, 0.15) is 11.3 Å². The van der Waals surface area contributed by atoms with Gasteiger partial charge in [0.25, 0.3) is 0 Å². The molecule has 2 aromatic rings. The molecule has 158 valence electrons. The lowest BCUT2D eigenvalue weighted by atomic mass is 10.1. The highest BCUT2D eigenvalue weighted by Gasteiger charge is 2.28. The van der Waals surface area contributed by atoms with Crippen LogP contribution in [0.2, 0.25) is 0 Å². The number of rotatable bonds is 8. The van der Waals surface area contributed by atoms with Gasteiger partial charge in [-0.25, -0.2) is 4.39 Å². The van der Waals surface area contributed by atoms with Crippen LogP contribution in [0.15, 0.2) is 54.6 Å². The third kappa shape index (κ3) is 7.16. The second-order valence-electron chi connectivity index (χ2n) is 6.85. The molecule has 4 N–H and O–H groups in total. The van der Waals surface area contributed by atoms with Crippen molar-refractivity contribution in [2.24, 2.45) is 0 Å². The first-order valence-corrected chi connectivity index (χ1v) is 10.6. The Labute approximate surface area is 178 Å². The van der Waals surface area contributed by atoms with Crippen molar-refractivity contribution in [2.75, 3.05) is 11.1 Å². The molecule has 1 saturated heterocycles. The number of anilines is 1. The Kier molecular flexibility index (Phi) is 7.81. The molecule has 9 heteroatoms. The molecule has 0 bridgehead atoms. The predicted octanol–water partition coefficient (Wildman–Crippen LogP) is 1.97. The third-order valence-corrected chi connectivity index (χ3v) is 5.40. The van der Waals surface area contributed by atoms with E-state index in [0.717, 1.165) is 5.56 Å². The summed E-state index contributed by atoms with van der Waals surface area (Å²) in [5, 5.41) is 11.4. The number of hydrogen-bond donors (Lipinski definition) is 4. The van der Waals surface area contributed by atoms with E-state index in [9.17, 15) is 18.8 Å². The average Bonchev–Trinajstić information content (AvgIpc) is 2.73.